The summed E-state index contributed by atoms with van der Waals surface area (Å²) in [6.45, 7) is 2.70. The second kappa shape index (κ2) is 3.93. The maximum absolute atomic E-state index is 11.2. The summed E-state index contributed by atoms with van der Waals surface area (Å²) in [5, 5.41) is 0. The van der Waals surface area contributed by atoms with Crippen LogP contribution in [0.15, 0.2) is 0 Å². The van der Waals surface area contributed by atoms with E-state index in [9.17, 15) is 9.59 Å². The molecule has 0 aliphatic heterocycles. The highest BCUT2D eigenvalue weighted by atomic mass is 16.6. The average Bonchev–Trinajstić information content (AvgIpc) is 2.14. The van der Waals surface area contributed by atoms with E-state index < -0.39 is 23.0 Å². The highest BCUT2D eigenvalue weighted by molar-refractivity contribution is 5.95. The van der Waals surface area contributed by atoms with E-state index in [2.05, 4.69) is 0 Å². The Hall–Kier alpha value is -1.14. The smallest absolute Gasteiger partial charge is 0.252 e. The first-order valence-corrected chi connectivity index (χ1v) is 3.96. The lowest BCUT2D eigenvalue weighted by Crippen LogP contribution is -2.66. The lowest BCUT2D eigenvalue weighted by atomic mass is 9.84. The number of rotatable bonds is 5. The van der Waals surface area contributed by atoms with Gasteiger partial charge in [-0.3, -0.25) is 9.59 Å². The van der Waals surface area contributed by atoms with Gasteiger partial charge in [0.05, 0.1) is 0 Å². The van der Waals surface area contributed by atoms with Gasteiger partial charge in [-0.1, -0.05) is 0 Å². The maximum Gasteiger partial charge on any atom is 0.252 e. The third-order valence-corrected chi connectivity index (χ3v) is 2.67. The van der Waals surface area contributed by atoms with Gasteiger partial charge in [-0.25, -0.2) is 0 Å². The zero-order valence-corrected chi connectivity index (χ0v) is 8.79. The lowest BCUT2D eigenvalue weighted by Gasteiger charge is -2.39. The van der Waals surface area contributed by atoms with Crippen LogP contribution in [-0.2, 0) is 19.1 Å². The maximum atomic E-state index is 11.2. The standard InChI is InChI=1S/C8H16N2O4/c1-7(13-3,5(9)11)8(2,14-4)6(10)12/h1-4H3,(H2,9,11)(H2,10,12)/t7-,8-/m1/s1. The number of carbonyl (C=O) groups is 2. The highest BCUT2D eigenvalue weighted by Crippen LogP contribution is 2.28. The van der Waals surface area contributed by atoms with Gasteiger partial charge in [0, 0.05) is 14.2 Å². The van der Waals surface area contributed by atoms with Crippen LogP contribution >= 0.6 is 0 Å². The summed E-state index contributed by atoms with van der Waals surface area (Å²) in [5.74, 6) is -1.63. The van der Waals surface area contributed by atoms with Crippen LogP contribution in [0.2, 0.25) is 0 Å². The Morgan fingerprint density at radius 1 is 0.929 bits per heavy atom. The molecule has 82 valence electrons. The molecular formula is C8H16N2O4. The monoisotopic (exact) mass is 204 g/mol. The van der Waals surface area contributed by atoms with Crippen molar-refractivity contribution in [3.05, 3.63) is 0 Å². The minimum atomic E-state index is -1.59. The topological polar surface area (TPSA) is 105 Å². The van der Waals surface area contributed by atoms with Crippen LogP contribution in [0.25, 0.3) is 0 Å². The lowest BCUT2D eigenvalue weighted by molar-refractivity contribution is -0.187. The molecule has 6 heteroatoms. The second-order valence-electron chi connectivity index (χ2n) is 3.20. The van der Waals surface area contributed by atoms with Gasteiger partial charge in [-0.15, -0.1) is 0 Å². The molecule has 2 atom stereocenters. The molecule has 0 spiro atoms. The summed E-state index contributed by atoms with van der Waals surface area (Å²) in [4.78, 5) is 22.3. The van der Waals surface area contributed by atoms with Crippen molar-refractivity contribution in [1.82, 2.24) is 0 Å². The van der Waals surface area contributed by atoms with Crippen molar-refractivity contribution in [2.24, 2.45) is 11.5 Å². The number of methoxy groups -OCH3 is 2. The normalized spacial score (nSPS) is 19.4. The van der Waals surface area contributed by atoms with Crippen LogP contribution in [0.4, 0.5) is 0 Å². The summed E-state index contributed by atoms with van der Waals surface area (Å²) in [7, 11) is 2.51. The van der Waals surface area contributed by atoms with E-state index >= 15 is 0 Å². The molecule has 0 heterocycles. The first-order chi connectivity index (χ1) is 6.26. The summed E-state index contributed by atoms with van der Waals surface area (Å²) < 4.78 is 9.83. The molecule has 0 saturated heterocycles. The zero-order chi connectivity index (χ0) is 11.6. The Balaban J connectivity index is 5.37. The number of hydrogen-bond donors (Lipinski definition) is 2. The molecule has 6 nitrogen and oxygen atoms in total. The minimum Gasteiger partial charge on any atom is -0.367 e. The Morgan fingerprint density at radius 3 is 1.21 bits per heavy atom. The summed E-state index contributed by atoms with van der Waals surface area (Å²) in [5.41, 5.74) is 7.08. The molecule has 0 unspecified atom stereocenters. The van der Waals surface area contributed by atoms with Gasteiger partial charge < -0.3 is 20.9 Å². The first kappa shape index (κ1) is 12.9. The number of carbonyl (C=O) groups excluding carboxylic acids is 2. The van der Waals surface area contributed by atoms with E-state index in [0.717, 1.165) is 0 Å². The molecule has 0 aromatic heterocycles. The van der Waals surface area contributed by atoms with Crippen molar-refractivity contribution < 1.29 is 19.1 Å². The van der Waals surface area contributed by atoms with Gasteiger partial charge in [0.25, 0.3) is 11.8 Å². The van der Waals surface area contributed by atoms with E-state index in [-0.39, 0.29) is 0 Å². The van der Waals surface area contributed by atoms with Gasteiger partial charge in [0.1, 0.15) is 0 Å². The predicted molar refractivity (Wildman–Crippen MR) is 49.2 cm³/mol. The van der Waals surface area contributed by atoms with E-state index in [4.69, 9.17) is 20.9 Å². The van der Waals surface area contributed by atoms with Crippen LogP contribution in [0.5, 0.6) is 0 Å². The fraction of sp³-hybridized carbons (Fsp3) is 0.750. The second-order valence-corrected chi connectivity index (χ2v) is 3.20. The Kier molecular flexibility index (Phi) is 3.61. The van der Waals surface area contributed by atoms with Crippen LogP contribution in [0.1, 0.15) is 13.8 Å². The minimum absolute atomic E-state index is 0.817. The molecule has 0 radical (unpaired) electrons. The molecule has 0 aromatic rings. The van der Waals surface area contributed by atoms with Crippen molar-refractivity contribution in [1.29, 1.82) is 0 Å². The molecule has 0 aliphatic carbocycles. The highest BCUT2D eigenvalue weighted by Gasteiger charge is 2.54. The Bertz CT molecular complexity index is 230. The predicted octanol–water partition coefficient (Wildman–Crippen LogP) is -1.23. The van der Waals surface area contributed by atoms with Crippen LogP contribution in [0.3, 0.4) is 0 Å². The summed E-state index contributed by atoms with van der Waals surface area (Å²) >= 11 is 0. The van der Waals surface area contributed by atoms with E-state index in [1.165, 1.54) is 28.1 Å². The molecule has 0 fully saturated rings. The van der Waals surface area contributed by atoms with Gasteiger partial charge in [-0.2, -0.15) is 0 Å². The quantitative estimate of drug-likeness (QED) is 0.584. The number of primary amides is 2. The van der Waals surface area contributed by atoms with Crippen molar-refractivity contribution in [3.63, 3.8) is 0 Å². The third-order valence-electron chi connectivity index (χ3n) is 2.67. The fourth-order valence-electron chi connectivity index (χ4n) is 1.06. The van der Waals surface area contributed by atoms with Gasteiger partial charge >= 0.3 is 0 Å². The van der Waals surface area contributed by atoms with Crippen LogP contribution in [-0.4, -0.2) is 37.2 Å². The molecule has 2 amide bonds. The molecule has 0 saturated carbocycles. The van der Waals surface area contributed by atoms with Crippen molar-refractivity contribution in [2.45, 2.75) is 25.0 Å². The van der Waals surface area contributed by atoms with E-state index in [1.54, 1.807) is 0 Å². The zero-order valence-electron chi connectivity index (χ0n) is 8.79. The molecule has 0 aliphatic rings. The Morgan fingerprint density at radius 2 is 1.14 bits per heavy atom. The van der Waals surface area contributed by atoms with Gasteiger partial charge in [-0.05, 0) is 13.8 Å². The van der Waals surface area contributed by atoms with Crippen molar-refractivity contribution in [3.8, 4) is 0 Å². The Labute approximate surface area is 82.5 Å². The largest absolute Gasteiger partial charge is 0.367 e. The molecule has 0 aromatic carbocycles. The molecular weight excluding hydrogens is 188 g/mol. The SMILES string of the molecule is CO[C@](C)(C(N)=O)[C@](C)(OC)C(N)=O. The summed E-state index contributed by atoms with van der Waals surface area (Å²) in [6.07, 6.45) is 0. The first-order valence-electron chi connectivity index (χ1n) is 3.96. The number of nitrogens with two attached hydrogens (primary N) is 2. The molecule has 0 rings (SSSR count). The molecule has 4 N–H and O–H groups in total. The average molecular weight is 204 g/mol. The van der Waals surface area contributed by atoms with Crippen LogP contribution in [0, 0.1) is 0 Å². The van der Waals surface area contributed by atoms with Gasteiger partial charge in [0.15, 0.2) is 11.2 Å². The van der Waals surface area contributed by atoms with Crippen molar-refractivity contribution >= 4 is 11.8 Å². The number of ether oxygens (including phenoxy) is 2. The van der Waals surface area contributed by atoms with E-state index in [0.29, 0.717) is 0 Å². The number of amides is 2. The van der Waals surface area contributed by atoms with Gasteiger partial charge in [0.2, 0.25) is 0 Å². The third kappa shape index (κ3) is 1.58. The fourth-order valence-corrected chi connectivity index (χ4v) is 1.06. The summed E-state index contributed by atoms with van der Waals surface area (Å²) in [6, 6.07) is 0. The van der Waals surface area contributed by atoms with Crippen molar-refractivity contribution in [2.75, 3.05) is 14.2 Å². The molecule has 0 bridgehead atoms. The number of hydrogen-bond acceptors (Lipinski definition) is 4. The van der Waals surface area contributed by atoms with Crippen LogP contribution < -0.4 is 11.5 Å². The molecule has 14 heavy (non-hydrogen) atoms. The van der Waals surface area contributed by atoms with E-state index in [1.807, 2.05) is 0 Å².